The number of hydrogen-bond acceptors (Lipinski definition) is 7. The van der Waals surface area contributed by atoms with E-state index >= 15 is 0 Å². The molecule has 2 bridgehead atoms. The number of aryl methyl sites for hydroxylation is 1. The summed E-state index contributed by atoms with van der Waals surface area (Å²) in [5.74, 6) is -1.62. The molecule has 3 atom stereocenters. The molecular weight excluding hydrogens is 561 g/mol. The van der Waals surface area contributed by atoms with Crippen LogP contribution in [-0.2, 0) is 30.3 Å². The van der Waals surface area contributed by atoms with Crippen LogP contribution in [0.2, 0.25) is 0 Å². The lowest BCUT2D eigenvalue weighted by Crippen LogP contribution is -2.42. The number of nitrogens with one attached hydrogen (secondary N) is 2. The zero-order valence-corrected chi connectivity index (χ0v) is 24.8. The molecule has 0 saturated carbocycles. The predicted octanol–water partition coefficient (Wildman–Crippen LogP) is 5.33. The third kappa shape index (κ3) is 5.91. The molecule has 44 heavy (non-hydrogen) atoms. The zero-order chi connectivity index (χ0) is 30.7. The predicted molar refractivity (Wildman–Crippen MR) is 166 cm³/mol. The molecule has 6 rings (SSSR count). The van der Waals surface area contributed by atoms with Crippen LogP contribution in [0.25, 0.3) is 0 Å². The van der Waals surface area contributed by atoms with E-state index < -0.39 is 35.4 Å². The van der Waals surface area contributed by atoms with Crippen LogP contribution in [0, 0.1) is 12.7 Å². The SMILES string of the molecule is CCOC(=O)C1=C(C(=O)Nc2ccc(C)c(F)c2)C2C=CC1(C(Nc1ccccc1)c1ccc(CN3CCOCC3)cc1)O2. The van der Waals surface area contributed by atoms with E-state index in [1.807, 2.05) is 48.5 Å². The first kappa shape index (κ1) is 29.7. The molecule has 228 valence electrons. The Morgan fingerprint density at radius 3 is 2.50 bits per heavy atom. The molecule has 1 fully saturated rings. The Labute approximate surface area is 256 Å². The van der Waals surface area contributed by atoms with Crippen molar-refractivity contribution < 1.29 is 28.2 Å². The van der Waals surface area contributed by atoms with Gasteiger partial charge in [0.15, 0.2) is 0 Å². The average Bonchev–Trinajstić information content (AvgIpc) is 3.62. The van der Waals surface area contributed by atoms with Gasteiger partial charge in [-0.3, -0.25) is 9.69 Å². The number of carbonyl (C=O) groups is 2. The van der Waals surface area contributed by atoms with Crippen molar-refractivity contribution in [2.45, 2.75) is 38.1 Å². The van der Waals surface area contributed by atoms with Crippen LogP contribution in [0.4, 0.5) is 15.8 Å². The van der Waals surface area contributed by atoms with Gasteiger partial charge in [0.05, 0.1) is 37.0 Å². The summed E-state index contributed by atoms with van der Waals surface area (Å²) in [5.41, 5.74) is 2.53. The summed E-state index contributed by atoms with van der Waals surface area (Å²) in [6.45, 7) is 7.53. The van der Waals surface area contributed by atoms with E-state index in [-0.39, 0.29) is 23.4 Å². The molecule has 3 aliphatic heterocycles. The van der Waals surface area contributed by atoms with Gasteiger partial charge in [-0.25, -0.2) is 9.18 Å². The number of carbonyl (C=O) groups excluding carboxylic acids is 2. The second-order valence-corrected chi connectivity index (χ2v) is 11.2. The van der Waals surface area contributed by atoms with E-state index in [2.05, 4.69) is 27.7 Å². The Morgan fingerprint density at radius 2 is 1.80 bits per heavy atom. The van der Waals surface area contributed by atoms with Gasteiger partial charge in [-0.15, -0.1) is 0 Å². The maximum Gasteiger partial charge on any atom is 0.337 e. The lowest BCUT2D eigenvalue weighted by molar-refractivity contribution is -0.140. The molecular formula is C35H36FN3O5. The highest BCUT2D eigenvalue weighted by molar-refractivity contribution is 6.12. The third-order valence-electron chi connectivity index (χ3n) is 8.28. The van der Waals surface area contributed by atoms with Crippen LogP contribution in [0.5, 0.6) is 0 Å². The number of halogens is 1. The average molecular weight is 598 g/mol. The number of esters is 1. The minimum absolute atomic E-state index is 0.123. The highest BCUT2D eigenvalue weighted by atomic mass is 19.1. The number of fused-ring (bicyclic) bond motifs is 2. The standard InChI is InChI=1S/C35H36FN3O5/c1-3-43-34(41)31-30(33(40)38-27-14-9-23(2)28(36)21-27)29-15-16-35(31,44-29)32(37-26-7-5-4-6-8-26)25-12-10-24(11-13-25)22-39-17-19-42-20-18-39/h4-16,21,29,32,37H,3,17-20,22H2,1-2H3,(H,38,40). The summed E-state index contributed by atoms with van der Waals surface area (Å²) in [6, 6.07) is 21.8. The molecule has 8 nitrogen and oxygen atoms in total. The number of ether oxygens (including phenoxy) is 3. The van der Waals surface area contributed by atoms with Gasteiger partial charge >= 0.3 is 5.97 Å². The van der Waals surface area contributed by atoms with E-state index in [0.717, 1.165) is 49.7 Å². The number of morpholine rings is 1. The Balaban J connectivity index is 1.39. The summed E-state index contributed by atoms with van der Waals surface area (Å²) >= 11 is 0. The van der Waals surface area contributed by atoms with Crippen LogP contribution in [0.3, 0.4) is 0 Å². The molecule has 3 heterocycles. The molecule has 3 unspecified atom stereocenters. The summed E-state index contributed by atoms with van der Waals surface area (Å²) in [4.78, 5) is 29.8. The van der Waals surface area contributed by atoms with Crippen LogP contribution in [0.1, 0.15) is 29.7 Å². The Hall–Kier alpha value is -4.31. The molecule has 1 saturated heterocycles. The van der Waals surface area contributed by atoms with Crippen molar-refractivity contribution in [3.05, 3.63) is 119 Å². The number of nitrogens with zero attached hydrogens (tertiary/aromatic N) is 1. The first-order valence-electron chi connectivity index (χ1n) is 14.9. The summed E-state index contributed by atoms with van der Waals surface area (Å²) in [7, 11) is 0. The normalized spacial score (nSPS) is 21.8. The number of para-hydroxylation sites is 1. The molecule has 0 aliphatic carbocycles. The van der Waals surface area contributed by atoms with Crippen LogP contribution < -0.4 is 10.6 Å². The molecule has 3 aliphatic rings. The van der Waals surface area contributed by atoms with Crippen molar-refractivity contribution in [1.29, 1.82) is 0 Å². The second-order valence-electron chi connectivity index (χ2n) is 11.2. The van der Waals surface area contributed by atoms with Gasteiger partial charge in [0.25, 0.3) is 5.91 Å². The quantitative estimate of drug-likeness (QED) is 0.241. The second kappa shape index (κ2) is 12.7. The summed E-state index contributed by atoms with van der Waals surface area (Å²) in [5, 5.41) is 6.34. The van der Waals surface area contributed by atoms with Crippen molar-refractivity contribution in [1.82, 2.24) is 4.90 Å². The zero-order valence-electron chi connectivity index (χ0n) is 24.8. The maximum atomic E-state index is 14.3. The maximum absolute atomic E-state index is 14.3. The fourth-order valence-corrected chi connectivity index (χ4v) is 6.03. The molecule has 3 aromatic carbocycles. The molecule has 3 aromatic rings. The highest BCUT2D eigenvalue weighted by Gasteiger charge is 2.58. The Bertz CT molecular complexity index is 1580. The minimum Gasteiger partial charge on any atom is -0.463 e. The first-order valence-corrected chi connectivity index (χ1v) is 14.9. The van der Waals surface area contributed by atoms with Gasteiger partial charge in [0, 0.05) is 31.0 Å². The number of amides is 1. The largest absolute Gasteiger partial charge is 0.463 e. The van der Waals surface area contributed by atoms with Crippen molar-refractivity contribution in [2.24, 2.45) is 0 Å². The minimum atomic E-state index is -1.34. The molecule has 2 N–H and O–H groups in total. The molecule has 0 spiro atoms. The van der Waals surface area contributed by atoms with E-state index in [0.29, 0.717) is 5.56 Å². The van der Waals surface area contributed by atoms with E-state index in [4.69, 9.17) is 14.2 Å². The Morgan fingerprint density at radius 1 is 1.05 bits per heavy atom. The third-order valence-corrected chi connectivity index (χ3v) is 8.28. The summed E-state index contributed by atoms with van der Waals surface area (Å²) in [6.07, 6.45) is 2.85. The number of rotatable bonds is 10. The van der Waals surface area contributed by atoms with Crippen molar-refractivity contribution in [3.8, 4) is 0 Å². The van der Waals surface area contributed by atoms with Crippen molar-refractivity contribution in [2.75, 3.05) is 43.5 Å². The number of benzene rings is 3. The molecule has 0 radical (unpaired) electrons. The van der Waals surface area contributed by atoms with E-state index in [1.165, 1.54) is 6.07 Å². The topological polar surface area (TPSA) is 89.1 Å². The van der Waals surface area contributed by atoms with Crippen LogP contribution >= 0.6 is 0 Å². The van der Waals surface area contributed by atoms with Gasteiger partial charge in [-0.2, -0.15) is 0 Å². The van der Waals surface area contributed by atoms with E-state index in [9.17, 15) is 14.0 Å². The summed E-state index contributed by atoms with van der Waals surface area (Å²) < 4.78 is 31.9. The van der Waals surface area contributed by atoms with Crippen LogP contribution in [-0.4, -0.2) is 61.4 Å². The fraction of sp³-hybridized carbons (Fsp3) is 0.314. The van der Waals surface area contributed by atoms with Crippen molar-refractivity contribution in [3.63, 3.8) is 0 Å². The van der Waals surface area contributed by atoms with Gasteiger partial charge < -0.3 is 24.8 Å². The van der Waals surface area contributed by atoms with Gasteiger partial charge in [0.1, 0.15) is 17.5 Å². The van der Waals surface area contributed by atoms with Crippen molar-refractivity contribution >= 4 is 23.3 Å². The smallest absolute Gasteiger partial charge is 0.337 e. The highest BCUT2D eigenvalue weighted by Crippen LogP contribution is 2.51. The molecule has 0 aromatic heterocycles. The number of hydrogen-bond donors (Lipinski definition) is 2. The lowest BCUT2D eigenvalue weighted by atomic mass is 9.78. The number of anilines is 2. The Kier molecular flexibility index (Phi) is 8.61. The van der Waals surface area contributed by atoms with E-state index in [1.54, 1.807) is 32.1 Å². The van der Waals surface area contributed by atoms with Gasteiger partial charge in [0.2, 0.25) is 0 Å². The monoisotopic (exact) mass is 597 g/mol. The molecule has 1 amide bonds. The van der Waals surface area contributed by atoms with Crippen LogP contribution in [0.15, 0.2) is 96.1 Å². The lowest BCUT2D eigenvalue weighted by Gasteiger charge is -2.36. The first-order chi connectivity index (χ1) is 21.4. The fourth-order valence-electron chi connectivity index (χ4n) is 6.03. The van der Waals surface area contributed by atoms with Gasteiger partial charge in [-0.05, 0) is 60.9 Å². The van der Waals surface area contributed by atoms with Gasteiger partial charge in [-0.1, -0.05) is 54.6 Å². The molecule has 9 heteroatoms.